The van der Waals surface area contributed by atoms with Gasteiger partial charge in [-0.15, -0.1) is 0 Å². The Morgan fingerprint density at radius 1 is 0.848 bits per heavy atom. The summed E-state index contributed by atoms with van der Waals surface area (Å²) in [5, 5.41) is 0. The van der Waals surface area contributed by atoms with E-state index in [4.69, 9.17) is 9.47 Å². The van der Waals surface area contributed by atoms with Crippen molar-refractivity contribution in [3.8, 4) is 11.5 Å². The lowest BCUT2D eigenvalue weighted by atomic mass is 10.1. The highest BCUT2D eigenvalue weighted by Crippen LogP contribution is 2.32. The SMILES string of the molecule is COc1ccc(CCOc2ccc(CCn3c(C(F)(F)F)nc4cc(F)ccc43)cc2)cc1. The number of aryl methyl sites for hydroxylation is 2. The van der Waals surface area contributed by atoms with E-state index in [2.05, 4.69) is 4.98 Å². The number of hydrogen-bond acceptors (Lipinski definition) is 3. The van der Waals surface area contributed by atoms with Gasteiger partial charge < -0.3 is 14.0 Å². The molecule has 0 amide bonds. The summed E-state index contributed by atoms with van der Waals surface area (Å²) in [5.74, 6) is -0.162. The van der Waals surface area contributed by atoms with Gasteiger partial charge in [0, 0.05) is 19.0 Å². The first-order valence-electron chi connectivity index (χ1n) is 10.4. The fraction of sp³-hybridized carbons (Fsp3) is 0.240. The van der Waals surface area contributed by atoms with Gasteiger partial charge in [-0.3, -0.25) is 0 Å². The smallest absolute Gasteiger partial charge is 0.449 e. The second-order valence-electron chi connectivity index (χ2n) is 7.56. The van der Waals surface area contributed by atoms with Gasteiger partial charge in [-0.1, -0.05) is 24.3 Å². The Morgan fingerprint density at radius 3 is 2.12 bits per heavy atom. The predicted octanol–water partition coefficient (Wildman–Crippen LogP) is 6.07. The van der Waals surface area contributed by atoms with E-state index in [1.807, 2.05) is 36.4 Å². The molecule has 0 saturated carbocycles. The van der Waals surface area contributed by atoms with Gasteiger partial charge in [0.15, 0.2) is 0 Å². The first-order chi connectivity index (χ1) is 15.8. The van der Waals surface area contributed by atoms with E-state index in [0.717, 1.165) is 40.0 Å². The molecular weight excluding hydrogens is 436 g/mol. The van der Waals surface area contributed by atoms with Crippen LogP contribution in [-0.2, 0) is 25.6 Å². The molecule has 0 unspecified atom stereocenters. The molecule has 0 aliphatic heterocycles. The van der Waals surface area contributed by atoms with E-state index in [1.54, 1.807) is 19.2 Å². The average Bonchev–Trinajstić information content (AvgIpc) is 3.17. The van der Waals surface area contributed by atoms with Gasteiger partial charge in [-0.05, 0) is 53.9 Å². The predicted molar refractivity (Wildman–Crippen MR) is 117 cm³/mol. The Balaban J connectivity index is 1.38. The fourth-order valence-corrected chi connectivity index (χ4v) is 3.62. The van der Waals surface area contributed by atoms with Crippen molar-refractivity contribution in [1.82, 2.24) is 9.55 Å². The van der Waals surface area contributed by atoms with Gasteiger partial charge in [0.2, 0.25) is 5.82 Å². The molecule has 0 fully saturated rings. The summed E-state index contributed by atoms with van der Waals surface area (Å²) in [7, 11) is 1.62. The molecule has 0 spiro atoms. The minimum atomic E-state index is -4.63. The Bertz CT molecular complexity index is 1220. The minimum absolute atomic E-state index is 0.0112. The average molecular weight is 458 g/mol. The number of nitrogens with zero attached hydrogens (tertiary/aromatic N) is 2. The molecule has 1 heterocycles. The lowest BCUT2D eigenvalue weighted by Crippen LogP contribution is -2.16. The number of benzene rings is 3. The zero-order valence-corrected chi connectivity index (χ0v) is 17.9. The third-order valence-corrected chi connectivity index (χ3v) is 5.33. The summed E-state index contributed by atoms with van der Waals surface area (Å²) < 4.78 is 65.8. The maximum absolute atomic E-state index is 13.4. The van der Waals surface area contributed by atoms with Crippen molar-refractivity contribution >= 4 is 11.0 Å². The monoisotopic (exact) mass is 458 g/mol. The molecule has 4 rings (SSSR count). The van der Waals surface area contributed by atoms with Crippen molar-refractivity contribution in [2.24, 2.45) is 0 Å². The number of fused-ring (bicyclic) bond motifs is 1. The molecule has 8 heteroatoms. The van der Waals surface area contributed by atoms with Crippen LogP contribution in [0.1, 0.15) is 17.0 Å². The van der Waals surface area contributed by atoms with Crippen LogP contribution in [0.3, 0.4) is 0 Å². The van der Waals surface area contributed by atoms with Crippen molar-refractivity contribution in [2.75, 3.05) is 13.7 Å². The van der Waals surface area contributed by atoms with Crippen molar-refractivity contribution in [1.29, 1.82) is 0 Å². The van der Waals surface area contributed by atoms with E-state index >= 15 is 0 Å². The number of halogens is 4. The summed E-state index contributed by atoms with van der Waals surface area (Å²) >= 11 is 0. The van der Waals surface area contributed by atoms with Crippen LogP contribution in [0.15, 0.2) is 66.7 Å². The topological polar surface area (TPSA) is 36.3 Å². The molecule has 4 nitrogen and oxygen atoms in total. The summed E-state index contributed by atoms with van der Waals surface area (Å²) in [6.45, 7) is 0.562. The van der Waals surface area contributed by atoms with Gasteiger partial charge in [0.05, 0.1) is 24.8 Å². The van der Waals surface area contributed by atoms with Gasteiger partial charge in [0.1, 0.15) is 17.3 Å². The number of methoxy groups -OCH3 is 1. The van der Waals surface area contributed by atoms with E-state index in [1.165, 1.54) is 6.07 Å². The summed E-state index contributed by atoms with van der Waals surface area (Å²) in [4.78, 5) is 3.61. The zero-order valence-electron chi connectivity index (χ0n) is 17.9. The Labute approximate surface area is 188 Å². The number of imidazole rings is 1. The van der Waals surface area contributed by atoms with Crippen LogP contribution < -0.4 is 9.47 Å². The quantitative estimate of drug-likeness (QED) is 0.301. The molecule has 172 valence electrons. The van der Waals surface area contributed by atoms with Crippen molar-refractivity contribution in [3.05, 3.63) is 89.5 Å². The lowest BCUT2D eigenvalue weighted by Gasteiger charge is -2.12. The van der Waals surface area contributed by atoms with Crippen LogP contribution >= 0.6 is 0 Å². The molecule has 0 N–H and O–H groups in total. The molecule has 0 bridgehead atoms. The molecular formula is C25H22F4N2O2. The van der Waals surface area contributed by atoms with Crippen LogP contribution in [0.5, 0.6) is 11.5 Å². The van der Waals surface area contributed by atoms with Gasteiger partial charge in [0.25, 0.3) is 0 Å². The van der Waals surface area contributed by atoms with Crippen molar-refractivity contribution in [3.63, 3.8) is 0 Å². The van der Waals surface area contributed by atoms with Crippen LogP contribution in [0.4, 0.5) is 17.6 Å². The summed E-state index contributed by atoms with van der Waals surface area (Å²) in [6.07, 6.45) is -3.53. The van der Waals surface area contributed by atoms with Gasteiger partial charge >= 0.3 is 6.18 Å². The second kappa shape index (κ2) is 9.52. The molecule has 0 aliphatic carbocycles. The van der Waals surface area contributed by atoms with E-state index in [-0.39, 0.29) is 17.6 Å². The van der Waals surface area contributed by atoms with Crippen LogP contribution in [-0.4, -0.2) is 23.3 Å². The van der Waals surface area contributed by atoms with Crippen molar-refractivity contribution in [2.45, 2.75) is 25.6 Å². The molecule has 3 aromatic carbocycles. The minimum Gasteiger partial charge on any atom is -0.497 e. The van der Waals surface area contributed by atoms with E-state index in [9.17, 15) is 17.6 Å². The second-order valence-corrected chi connectivity index (χ2v) is 7.56. The van der Waals surface area contributed by atoms with E-state index < -0.39 is 17.8 Å². The molecule has 0 saturated heterocycles. The third kappa shape index (κ3) is 5.45. The highest BCUT2D eigenvalue weighted by Gasteiger charge is 2.37. The molecule has 0 aliphatic rings. The molecule has 33 heavy (non-hydrogen) atoms. The lowest BCUT2D eigenvalue weighted by molar-refractivity contribution is -0.146. The summed E-state index contributed by atoms with van der Waals surface area (Å²) in [6, 6.07) is 18.5. The highest BCUT2D eigenvalue weighted by atomic mass is 19.4. The molecule has 4 aromatic rings. The Hall–Kier alpha value is -3.55. The first-order valence-corrected chi connectivity index (χ1v) is 10.4. The van der Waals surface area contributed by atoms with Crippen LogP contribution in [0.2, 0.25) is 0 Å². The zero-order chi connectivity index (χ0) is 23.4. The number of hydrogen-bond donors (Lipinski definition) is 0. The first kappa shape index (κ1) is 22.6. The Kier molecular flexibility index (Phi) is 6.53. The maximum atomic E-state index is 13.4. The van der Waals surface area contributed by atoms with Crippen LogP contribution in [0.25, 0.3) is 11.0 Å². The number of ether oxygens (including phenoxy) is 2. The van der Waals surface area contributed by atoms with Crippen molar-refractivity contribution < 1.29 is 27.0 Å². The highest BCUT2D eigenvalue weighted by molar-refractivity contribution is 5.76. The summed E-state index contributed by atoms with van der Waals surface area (Å²) in [5.41, 5.74) is 2.22. The molecule has 1 aromatic heterocycles. The number of aromatic nitrogens is 2. The van der Waals surface area contributed by atoms with E-state index in [0.29, 0.717) is 18.8 Å². The normalized spacial score (nSPS) is 11.7. The number of rotatable bonds is 8. The largest absolute Gasteiger partial charge is 0.497 e. The Morgan fingerprint density at radius 2 is 1.48 bits per heavy atom. The van der Waals surface area contributed by atoms with Crippen LogP contribution in [0, 0.1) is 5.82 Å². The fourth-order valence-electron chi connectivity index (χ4n) is 3.62. The standard InChI is InChI=1S/C25H22F4N2O2/c1-32-20-7-2-18(3-8-20)13-15-33-21-9-4-17(5-10-21)12-14-31-23-11-6-19(26)16-22(23)30-24(31)25(27,28)29/h2-11,16H,12-15H2,1H3. The third-order valence-electron chi connectivity index (χ3n) is 5.33. The number of alkyl halides is 3. The molecule has 0 radical (unpaired) electrons. The van der Waals surface area contributed by atoms with Gasteiger partial charge in [-0.2, -0.15) is 13.2 Å². The maximum Gasteiger partial charge on any atom is 0.449 e. The van der Waals surface area contributed by atoms with Gasteiger partial charge in [-0.25, -0.2) is 9.37 Å². The molecule has 0 atom stereocenters.